The fourth-order valence-corrected chi connectivity index (χ4v) is 4.89. The van der Waals surface area contributed by atoms with Crippen LogP contribution in [-0.4, -0.2) is 59.2 Å². The zero-order valence-electron chi connectivity index (χ0n) is 19.4. The third-order valence-corrected chi connectivity index (χ3v) is 6.97. The van der Waals surface area contributed by atoms with Crippen LogP contribution in [0.15, 0.2) is 18.2 Å². The molecule has 4 N–H and O–H groups in total. The SMILES string of the molecule is CCc1nc(C(N)=O)c(Nc2ccc3c(c2)CCN(C2CC2)CC3)nc1NC1CCOCC1. The number of nitrogens with two attached hydrogens (primary N) is 1. The molecule has 1 aromatic heterocycles. The van der Waals surface area contributed by atoms with Crippen molar-refractivity contribution in [2.24, 2.45) is 5.73 Å². The van der Waals surface area contributed by atoms with Gasteiger partial charge in [0.25, 0.3) is 5.91 Å². The van der Waals surface area contributed by atoms with E-state index in [1.54, 1.807) is 0 Å². The molecule has 0 bridgehead atoms. The average Bonchev–Trinajstić information content (AvgIpc) is 3.67. The van der Waals surface area contributed by atoms with Crippen molar-refractivity contribution in [1.82, 2.24) is 14.9 Å². The second-order valence-electron chi connectivity index (χ2n) is 9.34. The number of rotatable bonds is 7. The maximum atomic E-state index is 12.2. The summed E-state index contributed by atoms with van der Waals surface area (Å²) in [5.74, 6) is 0.543. The lowest BCUT2D eigenvalue weighted by Gasteiger charge is -2.25. The first-order valence-electron chi connectivity index (χ1n) is 12.3. The van der Waals surface area contributed by atoms with Crippen LogP contribution in [0.25, 0.3) is 0 Å². The van der Waals surface area contributed by atoms with E-state index in [1.165, 1.54) is 24.0 Å². The van der Waals surface area contributed by atoms with Crippen molar-refractivity contribution in [1.29, 1.82) is 0 Å². The Balaban J connectivity index is 1.39. The minimum Gasteiger partial charge on any atom is -0.381 e. The number of aryl methyl sites for hydroxylation is 1. The van der Waals surface area contributed by atoms with Gasteiger partial charge in [-0.25, -0.2) is 9.97 Å². The Kier molecular flexibility index (Phi) is 6.46. The number of primary amides is 1. The van der Waals surface area contributed by atoms with E-state index in [1.807, 2.05) is 6.92 Å². The van der Waals surface area contributed by atoms with E-state index in [9.17, 15) is 4.79 Å². The van der Waals surface area contributed by atoms with Gasteiger partial charge < -0.3 is 21.1 Å². The van der Waals surface area contributed by atoms with E-state index in [0.29, 0.717) is 18.1 Å². The van der Waals surface area contributed by atoms with Crippen LogP contribution in [0.3, 0.4) is 0 Å². The van der Waals surface area contributed by atoms with Gasteiger partial charge in [0, 0.05) is 44.1 Å². The molecule has 0 spiro atoms. The van der Waals surface area contributed by atoms with E-state index in [2.05, 4.69) is 38.7 Å². The Morgan fingerprint density at radius 3 is 2.55 bits per heavy atom. The molecule has 0 unspecified atom stereocenters. The molecule has 8 heteroatoms. The molecule has 33 heavy (non-hydrogen) atoms. The number of carbonyl (C=O) groups is 1. The van der Waals surface area contributed by atoms with Crippen molar-refractivity contribution < 1.29 is 9.53 Å². The van der Waals surface area contributed by atoms with Crippen LogP contribution < -0.4 is 16.4 Å². The number of nitrogens with zero attached hydrogens (tertiary/aromatic N) is 3. The van der Waals surface area contributed by atoms with E-state index in [0.717, 1.165) is 69.4 Å². The first kappa shape index (κ1) is 22.1. The van der Waals surface area contributed by atoms with Gasteiger partial charge in [0.15, 0.2) is 17.3 Å². The highest BCUT2D eigenvalue weighted by atomic mass is 16.5. The van der Waals surface area contributed by atoms with Crippen molar-refractivity contribution in [2.75, 3.05) is 36.9 Å². The largest absolute Gasteiger partial charge is 0.381 e. The summed E-state index contributed by atoms with van der Waals surface area (Å²) in [7, 11) is 0. The molecule has 1 saturated heterocycles. The van der Waals surface area contributed by atoms with Gasteiger partial charge >= 0.3 is 0 Å². The molecule has 8 nitrogen and oxygen atoms in total. The summed E-state index contributed by atoms with van der Waals surface area (Å²) >= 11 is 0. The third-order valence-electron chi connectivity index (χ3n) is 6.97. The minimum absolute atomic E-state index is 0.180. The molecule has 0 radical (unpaired) electrons. The number of ether oxygens (including phenoxy) is 1. The van der Waals surface area contributed by atoms with E-state index < -0.39 is 5.91 Å². The highest BCUT2D eigenvalue weighted by Gasteiger charge is 2.30. The number of aromatic nitrogens is 2. The predicted molar refractivity (Wildman–Crippen MR) is 129 cm³/mol. The van der Waals surface area contributed by atoms with Crippen molar-refractivity contribution in [3.8, 4) is 0 Å². The molecule has 0 atom stereocenters. The van der Waals surface area contributed by atoms with Gasteiger partial charge in [-0.15, -0.1) is 0 Å². The lowest BCUT2D eigenvalue weighted by atomic mass is 10.0. The normalized spacial score (nSPS) is 19.5. The summed E-state index contributed by atoms with van der Waals surface area (Å²) in [5.41, 5.74) is 10.3. The minimum atomic E-state index is -0.577. The van der Waals surface area contributed by atoms with Crippen LogP contribution in [0.2, 0.25) is 0 Å². The molecule has 1 aromatic carbocycles. The second-order valence-corrected chi connectivity index (χ2v) is 9.34. The molecule has 2 aromatic rings. The zero-order chi connectivity index (χ0) is 22.8. The Morgan fingerprint density at radius 2 is 1.85 bits per heavy atom. The lowest BCUT2D eigenvalue weighted by Crippen LogP contribution is -2.29. The number of hydrogen-bond acceptors (Lipinski definition) is 7. The standard InChI is InChI=1S/C25H34N6O2/c1-2-21-24(27-18-9-13-33-14-10-18)30-25(22(29-21)23(26)32)28-19-4-3-16-7-11-31(20-5-6-20)12-8-17(16)15-19/h3-4,15,18,20H,2,5-14H2,1H3,(H2,26,32)(H2,27,28,30). The van der Waals surface area contributed by atoms with E-state index >= 15 is 0 Å². The Hall–Kier alpha value is -2.71. The molecule has 2 fully saturated rings. The zero-order valence-corrected chi connectivity index (χ0v) is 19.4. The molecule has 1 aliphatic carbocycles. The monoisotopic (exact) mass is 450 g/mol. The maximum Gasteiger partial charge on any atom is 0.271 e. The summed E-state index contributed by atoms with van der Waals surface area (Å²) in [6.45, 7) is 5.74. The maximum absolute atomic E-state index is 12.2. The van der Waals surface area contributed by atoms with Crippen LogP contribution in [0, 0.1) is 0 Å². The molecule has 1 amide bonds. The first-order chi connectivity index (χ1) is 16.1. The molecular formula is C25H34N6O2. The Bertz CT molecular complexity index is 1020. The van der Waals surface area contributed by atoms with E-state index in [4.69, 9.17) is 15.5 Å². The summed E-state index contributed by atoms with van der Waals surface area (Å²) in [5, 5.41) is 6.87. The molecular weight excluding hydrogens is 416 g/mol. The highest BCUT2D eigenvalue weighted by Crippen LogP contribution is 2.31. The van der Waals surface area contributed by atoms with Gasteiger partial charge in [-0.05, 0) is 68.2 Å². The number of carbonyl (C=O) groups excluding carboxylic acids is 1. The van der Waals surface area contributed by atoms with Gasteiger partial charge in [-0.2, -0.15) is 0 Å². The van der Waals surface area contributed by atoms with Crippen molar-refractivity contribution in [2.45, 2.75) is 64.0 Å². The van der Waals surface area contributed by atoms with E-state index in [-0.39, 0.29) is 11.7 Å². The van der Waals surface area contributed by atoms with Crippen LogP contribution in [0.1, 0.15) is 59.9 Å². The first-order valence-corrected chi connectivity index (χ1v) is 12.3. The van der Waals surface area contributed by atoms with Crippen LogP contribution >= 0.6 is 0 Å². The van der Waals surface area contributed by atoms with Crippen molar-refractivity contribution in [3.63, 3.8) is 0 Å². The number of hydrogen-bond donors (Lipinski definition) is 3. The Labute approximate surface area is 195 Å². The van der Waals surface area contributed by atoms with Crippen molar-refractivity contribution in [3.05, 3.63) is 40.7 Å². The molecule has 5 rings (SSSR count). The Morgan fingerprint density at radius 1 is 1.09 bits per heavy atom. The van der Waals surface area contributed by atoms with Crippen molar-refractivity contribution >= 4 is 23.2 Å². The fraction of sp³-hybridized carbons (Fsp3) is 0.560. The van der Waals surface area contributed by atoms with Gasteiger partial charge in [0.2, 0.25) is 0 Å². The lowest BCUT2D eigenvalue weighted by molar-refractivity contribution is 0.0903. The average molecular weight is 451 g/mol. The summed E-state index contributed by atoms with van der Waals surface area (Å²) in [6.07, 6.45) is 7.33. The summed E-state index contributed by atoms with van der Waals surface area (Å²) < 4.78 is 5.47. The number of fused-ring (bicyclic) bond motifs is 1. The predicted octanol–water partition coefficient (Wildman–Crippen LogP) is 3.04. The third kappa shape index (κ3) is 5.12. The number of anilines is 3. The number of benzene rings is 1. The summed E-state index contributed by atoms with van der Waals surface area (Å²) in [4.78, 5) is 24.2. The highest BCUT2D eigenvalue weighted by molar-refractivity contribution is 5.96. The van der Waals surface area contributed by atoms with Gasteiger partial charge in [0.1, 0.15) is 0 Å². The molecule has 3 aliphatic rings. The topological polar surface area (TPSA) is 105 Å². The van der Waals surface area contributed by atoms with Gasteiger partial charge in [-0.3, -0.25) is 9.69 Å². The van der Waals surface area contributed by atoms with Gasteiger partial charge in [0.05, 0.1) is 5.69 Å². The van der Waals surface area contributed by atoms with Crippen LogP contribution in [-0.2, 0) is 24.0 Å². The molecule has 1 saturated carbocycles. The van der Waals surface area contributed by atoms with Crippen LogP contribution in [0.4, 0.5) is 17.3 Å². The fourth-order valence-electron chi connectivity index (χ4n) is 4.89. The number of nitrogens with one attached hydrogen (secondary N) is 2. The van der Waals surface area contributed by atoms with Crippen LogP contribution in [0.5, 0.6) is 0 Å². The summed E-state index contributed by atoms with van der Waals surface area (Å²) in [6, 6.07) is 7.54. The molecule has 176 valence electrons. The molecule has 3 heterocycles. The molecule has 2 aliphatic heterocycles. The quantitative estimate of drug-likeness (QED) is 0.595. The smallest absolute Gasteiger partial charge is 0.271 e. The number of amides is 1. The second kappa shape index (κ2) is 9.65. The van der Waals surface area contributed by atoms with Gasteiger partial charge in [-0.1, -0.05) is 13.0 Å².